The van der Waals surface area contributed by atoms with Gasteiger partial charge in [0.1, 0.15) is 17.5 Å². The first-order chi connectivity index (χ1) is 7.99. The zero-order valence-electron chi connectivity index (χ0n) is 8.20. The molecule has 0 bridgehead atoms. The summed E-state index contributed by atoms with van der Waals surface area (Å²) < 4.78 is 41.0. The van der Waals surface area contributed by atoms with E-state index in [-0.39, 0.29) is 15.6 Å². The molecule has 1 radical (unpaired) electrons. The van der Waals surface area contributed by atoms with Crippen molar-refractivity contribution in [2.24, 2.45) is 0 Å². The molecule has 0 atom stereocenters. The van der Waals surface area contributed by atoms with Crippen LogP contribution < -0.4 is 0 Å². The van der Waals surface area contributed by atoms with Gasteiger partial charge in [-0.05, 0) is 40.2 Å². The molecule has 0 saturated heterocycles. The molecule has 0 fully saturated rings. The van der Waals surface area contributed by atoms with Gasteiger partial charge in [0.15, 0.2) is 0 Å². The van der Waals surface area contributed by atoms with E-state index in [0.717, 1.165) is 24.3 Å². The maximum absolute atomic E-state index is 13.7. The molecule has 0 aromatic heterocycles. The van der Waals surface area contributed by atoms with Gasteiger partial charge in [-0.2, -0.15) is 0 Å². The molecule has 0 aliphatic carbocycles. The number of hydrogen-bond donors (Lipinski definition) is 0. The van der Waals surface area contributed by atoms with Gasteiger partial charge >= 0.3 is 0 Å². The summed E-state index contributed by atoms with van der Waals surface area (Å²) in [6.45, 7) is 0. The highest BCUT2D eigenvalue weighted by Gasteiger charge is 2.16. The molecule has 17 heavy (non-hydrogen) atoms. The molecule has 87 valence electrons. The Morgan fingerprint density at radius 2 is 1.53 bits per heavy atom. The highest BCUT2D eigenvalue weighted by molar-refractivity contribution is 9.10. The number of benzene rings is 2. The molecule has 0 spiro atoms. The molecule has 0 nitrogen and oxygen atoms in total. The molecule has 2 aromatic rings. The van der Waals surface area contributed by atoms with E-state index >= 15 is 0 Å². The van der Waals surface area contributed by atoms with E-state index in [0.29, 0.717) is 4.47 Å². The second-order valence-electron chi connectivity index (χ2n) is 3.29. The molecule has 0 unspecified atom stereocenters. The standard InChI is InChI=1S/C12H4Br2F3/c13-6-3-10(16)12(11(17)4-6)8-5-7(15)1-2-9(8)14/h1,3-5H. The summed E-state index contributed by atoms with van der Waals surface area (Å²) in [6, 6.07) is 6.91. The lowest BCUT2D eigenvalue weighted by Crippen LogP contribution is -1.92. The van der Waals surface area contributed by atoms with Crippen molar-refractivity contribution in [1.29, 1.82) is 0 Å². The van der Waals surface area contributed by atoms with Crippen molar-refractivity contribution in [1.82, 2.24) is 0 Å². The van der Waals surface area contributed by atoms with E-state index in [4.69, 9.17) is 0 Å². The Kier molecular flexibility index (Phi) is 3.58. The largest absolute Gasteiger partial charge is 0.207 e. The maximum Gasteiger partial charge on any atom is 0.135 e. The van der Waals surface area contributed by atoms with E-state index in [1.54, 1.807) is 0 Å². The average Bonchev–Trinajstić information content (AvgIpc) is 2.21. The van der Waals surface area contributed by atoms with Crippen LogP contribution in [0.5, 0.6) is 0 Å². The van der Waals surface area contributed by atoms with Crippen molar-refractivity contribution < 1.29 is 13.2 Å². The first-order valence-corrected chi connectivity index (χ1v) is 6.09. The van der Waals surface area contributed by atoms with Gasteiger partial charge in [0, 0.05) is 20.6 Å². The normalized spacial score (nSPS) is 10.6. The number of halogens is 5. The van der Waals surface area contributed by atoms with Crippen molar-refractivity contribution in [3.05, 3.63) is 56.7 Å². The Bertz CT molecular complexity index is 559. The Hall–Kier alpha value is -0.810. The molecule has 2 rings (SSSR count). The first kappa shape index (κ1) is 12.6. The lowest BCUT2D eigenvalue weighted by atomic mass is 10.0. The molecule has 5 heteroatoms. The van der Waals surface area contributed by atoms with Gasteiger partial charge in [-0.25, -0.2) is 13.2 Å². The summed E-state index contributed by atoms with van der Waals surface area (Å²) in [4.78, 5) is 0. The third-order valence-corrected chi connectivity index (χ3v) is 3.25. The molecule has 0 heterocycles. The lowest BCUT2D eigenvalue weighted by molar-refractivity contribution is 0.587. The van der Waals surface area contributed by atoms with Crippen LogP contribution in [-0.4, -0.2) is 0 Å². The van der Waals surface area contributed by atoms with E-state index in [9.17, 15) is 13.2 Å². The zero-order chi connectivity index (χ0) is 12.6. The maximum atomic E-state index is 13.7. The van der Waals surface area contributed by atoms with Gasteiger partial charge in [-0.1, -0.05) is 15.9 Å². The Morgan fingerprint density at radius 3 is 2.12 bits per heavy atom. The van der Waals surface area contributed by atoms with Crippen LogP contribution in [0.25, 0.3) is 11.1 Å². The van der Waals surface area contributed by atoms with E-state index in [2.05, 4.69) is 37.9 Å². The fourth-order valence-electron chi connectivity index (χ4n) is 1.43. The fourth-order valence-corrected chi connectivity index (χ4v) is 2.26. The smallest absolute Gasteiger partial charge is 0.135 e. The number of hydrogen-bond acceptors (Lipinski definition) is 0. The van der Waals surface area contributed by atoms with Crippen LogP contribution >= 0.6 is 31.9 Å². The van der Waals surface area contributed by atoms with Crippen LogP contribution in [0.2, 0.25) is 0 Å². The van der Waals surface area contributed by atoms with Crippen molar-refractivity contribution in [2.45, 2.75) is 0 Å². The fraction of sp³-hybridized carbons (Fsp3) is 0. The molecule has 0 saturated carbocycles. The Balaban J connectivity index is 2.72. The van der Waals surface area contributed by atoms with Gasteiger partial charge in [0.25, 0.3) is 0 Å². The van der Waals surface area contributed by atoms with Crippen molar-refractivity contribution >= 4 is 31.9 Å². The summed E-state index contributed by atoms with van der Waals surface area (Å²) in [7, 11) is 0. The van der Waals surface area contributed by atoms with E-state index < -0.39 is 17.5 Å². The van der Waals surface area contributed by atoms with Crippen LogP contribution in [0.15, 0.2) is 33.2 Å². The first-order valence-electron chi connectivity index (χ1n) is 4.50. The van der Waals surface area contributed by atoms with Gasteiger partial charge in [-0.3, -0.25) is 0 Å². The van der Waals surface area contributed by atoms with Crippen LogP contribution in [0.4, 0.5) is 13.2 Å². The second-order valence-corrected chi connectivity index (χ2v) is 5.00. The zero-order valence-corrected chi connectivity index (χ0v) is 11.4. The molecular formula is C12H4Br2F3. The highest BCUT2D eigenvalue weighted by Crippen LogP contribution is 2.34. The van der Waals surface area contributed by atoms with Crippen LogP contribution in [-0.2, 0) is 0 Å². The minimum Gasteiger partial charge on any atom is -0.207 e. The van der Waals surface area contributed by atoms with Gasteiger partial charge < -0.3 is 0 Å². The SMILES string of the molecule is Fc1c[c]c(Br)c(-c2c(F)cc(Br)cc2F)c1. The summed E-state index contributed by atoms with van der Waals surface area (Å²) in [6.07, 6.45) is 0. The predicted octanol–water partition coefficient (Wildman–Crippen LogP) is 5.10. The number of rotatable bonds is 1. The van der Waals surface area contributed by atoms with Crippen molar-refractivity contribution in [3.63, 3.8) is 0 Å². The second kappa shape index (κ2) is 4.82. The molecule has 2 aromatic carbocycles. The van der Waals surface area contributed by atoms with E-state index in [1.165, 1.54) is 0 Å². The average molecular weight is 365 g/mol. The lowest BCUT2D eigenvalue weighted by Gasteiger charge is -2.08. The summed E-state index contributed by atoms with van der Waals surface area (Å²) in [5, 5.41) is 0. The van der Waals surface area contributed by atoms with E-state index in [1.807, 2.05) is 0 Å². The minimum atomic E-state index is -0.767. The minimum absolute atomic E-state index is 0.0903. The third kappa shape index (κ3) is 2.55. The summed E-state index contributed by atoms with van der Waals surface area (Å²) >= 11 is 6.07. The quantitative estimate of drug-likeness (QED) is 0.660. The third-order valence-electron chi connectivity index (χ3n) is 2.13. The van der Waals surface area contributed by atoms with Gasteiger partial charge in [0.2, 0.25) is 0 Å². The molecule has 0 amide bonds. The topological polar surface area (TPSA) is 0 Å². The Morgan fingerprint density at radius 1 is 0.941 bits per heavy atom. The van der Waals surface area contributed by atoms with Gasteiger partial charge in [-0.15, -0.1) is 0 Å². The monoisotopic (exact) mass is 363 g/mol. The van der Waals surface area contributed by atoms with Crippen LogP contribution in [0.1, 0.15) is 0 Å². The van der Waals surface area contributed by atoms with Crippen LogP contribution in [0.3, 0.4) is 0 Å². The predicted molar refractivity (Wildman–Crippen MR) is 66.0 cm³/mol. The Labute approximate surface area is 113 Å². The molecule has 0 aliphatic rings. The molecule has 0 aliphatic heterocycles. The van der Waals surface area contributed by atoms with Gasteiger partial charge in [0.05, 0.1) is 5.56 Å². The molecule has 0 N–H and O–H groups in total. The summed E-state index contributed by atoms with van der Waals surface area (Å²) in [5.41, 5.74) is -0.191. The van der Waals surface area contributed by atoms with Crippen molar-refractivity contribution in [3.8, 4) is 11.1 Å². The highest BCUT2D eigenvalue weighted by atomic mass is 79.9. The van der Waals surface area contributed by atoms with Crippen molar-refractivity contribution in [2.75, 3.05) is 0 Å². The molecular weight excluding hydrogens is 361 g/mol. The van der Waals surface area contributed by atoms with Crippen LogP contribution in [0, 0.1) is 23.5 Å². The summed E-state index contributed by atoms with van der Waals surface area (Å²) in [5.74, 6) is -2.14.